The highest BCUT2D eigenvalue weighted by Crippen LogP contribution is 2.31. The van der Waals surface area contributed by atoms with Crippen molar-refractivity contribution in [2.75, 3.05) is 51.3 Å². The number of carbonyl (C=O) groups excluding carboxylic acids is 1. The van der Waals surface area contributed by atoms with Crippen molar-refractivity contribution in [2.24, 2.45) is 5.92 Å². The number of carbonyl (C=O) groups is 1. The lowest BCUT2D eigenvalue weighted by Gasteiger charge is -2.39. The average Bonchev–Trinajstić information content (AvgIpc) is 3.52. The van der Waals surface area contributed by atoms with Gasteiger partial charge in [-0.2, -0.15) is 5.26 Å². The largest absolute Gasteiger partial charge is 0.456 e. The fourth-order valence-corrected chi connectivity index (χ4v) is 5.35. The number of benzene rings is 2. The second-order valence-corrected chi connectivity index (χ2v) is 11.0. The standard InChI is InChI=1S/C32H38N4O7/c1-19(25(17-33)31(39)35-18-28-30(38)29(37)20(2)32(40)43-28)26-7-8-27(42-26)23-4-3-22-16-24(6-5-21(22)15-23)34-9-10-36-11-13-41-14-12-36/h3-8,15-16,20,28-30,32,34,37-38,40H,9-14,18H2,1-2H3,(H,35,39)/b25-19+/t20-,28-,29-,30-,32?/m1/s1. The molecule has 11 heteroatoms. The molecule has 5 rings (SSSR count). The number of nitriles is 1. The van der Waals surface area contributed by atoms with Gasteiger partial charge in [-0.15, -0.1) is 0 Å². The molecule has 1 unspecified atom stereocenters. The summed E-state index contributed by atoms with van der Waals surface area (Å²) < 4.78 is 16.8. The lowest BCUT2D eigenvalue weighted by Crippen LogP contribution is -2.56. The van der Waals surface area contributed by atoms with E-state index in [4.69, 9.17) is 13.9 Å². The molecular weight excluding hydrogens is 552 g/mol. The summed E-state index contributed by atoms with van der Waals surface area (Å²) in [4.78, 5) is 15.2. The second kappa shape index (κ2) is 13.7. The molecule has 0 radical (unpaired) electrons. The van der Waals surface area contributed by atoms with Gasteiger partial charge in [0.05, 0.1) is 19.3 Å². The van der Waals surface area contributed by atoms with E-state index < -0.39 is 36.4 Å². The Bertz CT molecular complexity index is 1510. The summed E-state index contributed by atoms with van der Waals surface area (Å²) in [5.74, 6) is -0.399. The summed E-state index contributed by atoms with van der Waals surface area (Å²) in [7, 11) is 0. The number of aliphatic hydroxyl groups is 3. The fraction of sp³-hybridized carbons (Fsp3) is 0.438. The van der Waals surface area contributed by atoms with Crippen molar-refractivity contribution >= 4 is 27.9 Å². The summed E-state index contributed by atoms with van der Waals surface area (Å²) in [6.45, 7) is 8.31. The number of allylic oxidation sites excluding steroid dienone is 1. The van der Waals surface area contributed by atoms with Crippen LogP contribution in [0.5, 0.6) is 0 Å². The lowest BCUT2D eigenvalue weighted by molar-refractivity contribution is -0.258. The third-order valence-electron chi connectivity index (χ3n) is 8.17. The summed E-state index contributed by atoms with van der Waals surface area (Å²) in [6.07, 6.45) is -4.82. The normalized spacial score (nSPS) is 25.2. The van der Waals surface area contributed by atoms with Crippen LogP contribution >= 0.6 is 0 Å². The van der Waals surface area contributed by atoms with Crippen LogP contribution in [0.3, 0.4) is 0 Å². The van der Waals surface area contributed by atoms with Crippen molar-refractivity contribution in [3.63, 3.8) is 0 Å². The Balaban J connectivity index is 1.23. The number of rotatable bonds is 9. The minimum atomic E-state index is -1.30. The van der Waals surface area contributed by atoms with E-state index in [1.807, 2.05) is 24.3 Å². The molecule has 2 saturated heterocycles. The maximum Gasteiger partial charge on any atom is 0.262 e. The molecule has 1 amide bonds. The number of nitrogens with zero attached hydrogens (tertiary/aromatic N) is 2. The first-order valence-electron chi connectivity index (χ1n) is 14.5. The van der Waals surface area contributed by atoms with E-state index in [-0.39, 0.29) is 12.1 Å². The van der Waals surface area contributed by atoms with Gasteiger partial charge in [0.25, 0.3) is 5.91 Å². The quantitative estimate of drug-likeness (QED) is 0.185. The highest BCUT2D eigenvalue weighted by molar-refractivity contribution is 6.04. The molecule has 3 aromatic rings. The van der Waals surface area contributed by atoms with Gasteiger partial charge in [0.2, 0.25) is 0 Å². The molecule has 228 valence electrons. The van der Waals surface area contributed by atoms with Crippen LogP contribution < -0.4 is 10.6 Å². The Labute approximate surface area is 250 Å². The summed E-state index contributed by atoms with van der Waals surface area (Å²) in [5, 5.41) is 48.2. The van der Waals surface area contributed by atoms with E-state index >= 15 is 0 Å². The molecule has 3 heterocycles. The van der Waals surface area contributed by atoms with Crippen molar-refractivity contribution in [1.82, 2.24) is 10.2 Å². The number of morpholine rings is 1. The number of anilines is 1. The number of hydrogen-bond donors (Lipinski definition) is 5. The van der Waals surface area contributed by atoms with Crippen LogP contribution in [0.25, 0.3) is 27.7 Å². The average molecular weight is 591 g/mol. The molecule has 11 nitrogen and oxygen atoms in total. The van der Waals surface area contributed by atoms with E-state index in [1.165, 1.54) is 0 Å². The van der Waals surface area contributed by atoms with E-state index in [0.717, 1.165) is 61.4 Å². The monoisotopic (exact) mass is 590 g/mol. The van der Waals surface area contributed by atoms with Gasteiger partial charge in [-0.25, -0.2) is 0 Å². The zero-order valence-electron chi connectivity index (χ0n) is 24.3. The Hall–Kier alpha value is -3.76. The predicted octanol–water partition coefficient (Wildman–Crippen LogP) is 2.33. The van der Waals surface area contributed by atoms with Crippen LogP contribution in [0.4, 0.5) is 5.69 Å². The van der Waals surface area contributed by atoms with Gasteiger partial charge >= 0.3 is 0 Å². The second-order valence-electron chi connectivity index (χ2n) is 11.0. The van der Waals surface area contributed by atoms with Crippen molar-refractivity contribution in [3.05, 3.63) is 59.9 Å². The first-order valence-corrected chi connectivity index (χ1v) is 14.5. The molecule has 2 fully saturated rings. The zero-order chi connectivity index (χ0) is 30.5. The number of nitrogens with one attached hydrogen (secondary N) is 2. The molecule has 43 heavy (non-hydrogen) atoms. The van der Waals surface area contributed by atoms with Gasteiger partial charge in [0.1, 0.15) is 35.4 Å². The molecule has 0 saturated carbocycles. The maximum absolute atomic E-state index is 12.9. The SMILES string of the molecule is C/C(=C(/C#N)C(=O)NC[C@H]1OC(O)[C@H](C)[C@@H](O)[C@@H]1O)c1ccc(-c2ccc3cc(NCCN4CCOCC4)ccc3c2)o1. The van der Waals surface area contributed by atoms with Gasteiger partial charge in [-0.3, -0.25) is 9.69 Å². The first-order chi connectivity index (χ1) is 20.7. The Kier molecular flexibility index (Phi) is 9.77. The van der Waals surface area contributed by atoms with E-state index in [2.05, 4.69) is 33.7 Å². The third-order valence-corrected chi connectivity index (χ3v) is 8.17. The van der Waals surface area contributed by atoms with Crippen molar-refractivity contribution in [1.29, 1.82) is 5.26 Å². The topological polar surface area (TPSA) is 160 Å². The molecule has 2 aliphatic heterocycles. The summed E-state index contributed by atoms with van der Waals surface area (Å²) >= 11 is 0. The van der Waals surface area contributed by atoms with E-state index in [1.54, 1.807) is 26.0 Å². The van der Waals surface area contributed by atoms with Gasteiger partial charge < -0.3 is 39.8 Å². The van der Waals surface area contributed by atoms with E-state index in [9.17, 15) is 25.4 Å². The number of ether oxygens (including phenoxy) is 2. The number of amides is 1. The molecule has 2 aromatic carbocycles. The van der Waals surface area contributed by atoms with Crippen LogP contribution in [-0.2, 0) is 14.3 Å². The Morgan fingerprint density at radius 3 is 2.56 bits per heavy atom. The van der Waals surface area contributed by atoms with Crippen LogP contribution in [0.15, 0.2) is 58.5 Å². The lowest BCUT2D eigenvalue weighted by atomic mass is 9.92. The van der Waals surface area contributed by atoms with Crippen LogP contribution in [0.1, 0.15) is 19.6 Å². The number of furan rings is 1. The van der Waals surface area contributed by atoms with E-state index in [0.29, 0.717) is 17.1 Å². The van der Waals surface area contributed by atoms with Gasteiger partial charge in [-0.1, -0.05) is 25.1 Å². The van der Waals surface area contributed by atoms with Gasteiger partial charge in [0.15, 0.2) is 6.29 Å². The smallest absolute Gasteiger partial charge is 0.262 e. The molecule has 5 atom stereocenters. The highest BCUT2D eigenvalue weighted by atomic mass is 16.6. The minimum absolute atomic E-state index is 0.159. The number of aliphatic hydroxyl groups excluding tert-OH is 3. The van der Waals surface area contributed by atoms with Crippen molar-refractivity contribution < 1.29 is 34.0 Å². The molecule has 1 aromatic heterocycles. The summed E-state index contributed by atoms with van der Waals surface area (Å²) in [6, 6.07) is 17.7. The zero-order valence-corrected chi connectivity index (χ0v) is 24.3. The molecular formula is C32H38N4O7. The number of fused-ring (bicyclic) bond motifs is 1. The van der Waals surface area contributed by atoms with Crippen molar-refractivity contribution in [3.8, 4) is 17.4 Å². The van der Waals surface area contributed by atoms with Crippen molar-refractivity contribution in [2.45, 2.75) is 38.4 Å². The van der Waals surface area contributed by atoms with Crippen LogP contribution in [0, 0.1) is 17.2 Å². The maximum atomic E-state index is 12.9. The Morgan fingerprint density at radius 1 is 1.05 bits per heavy atom. The molecule has 0 spiro atoms. The molecule has 5 N–H and O–H groups in total. The minimum Gasteiger partial charge on any atom is -0.456 e. The number of hydrogen-bond acceptors (Lipinski definition) is 10. The van der Waals surface area contributed by atoms with Gasteiger partial charge in [0, 0.05) is 55.5 Å². The predicted molar refractivity (Wildman–Crippen MR) is 161 cm³/mol. The Morgan fingerprint density at radius 2 is 1.79 bits per heavy atom. The first kappa shape index (κ1) is 30.7. The molecule has 2 aliphatic rings. The molecule has 0 bridgehead atoms. The van der Waals surface area contributed by atoms with Gasteiger partial charge in [-0.05, 0) is 48.0 Å². The third kappa shape index (κ3) is 7.08. The highest BCUT2D eigenvalue weighted by Gasteiger charge is 2.41. The van der Waals surface area contributed by atoms with Crippen LogP contribution in [-0.4, -0.2) is 96.7 Å². The van der Waals surface area contributed by atoms with Crippen LogP contribution in [0.2, 0.25) is 0 Å². The molecule has 0 aliphatic carbocycles. The summed E-state index contributed by atoms with van der Waals surface area (Å²) in [5.41, 5.74) is 2.10. The fourth-order valence-electron chi connectivity index (χ4n) is 5.35.